The van der Waals surface area contributed by atoms with Crippen molar-refractivity contribution in [3.8, 4) is 11.5 Å². The number of aromatic nitrogens is 1. The third-order valence-electron chi connectivity index (χ3n) is 4.57. The number of halogens is 1. The van der Waals surface area contributed by atoms with Gasteiger partial charge in [-0.3, -0.25) is 9.59 Å². The lowest BCUT2D eigenvalue weighted by Crippen LogP contribution is -2.26. The summed E-state index contributed by atoms with van der Waals surface area (Å²) in [5.74, 6) is 0.0984. The molecule has 162 valence electrons. The smallest absolute Gasteiger partial charge is 0.263 e. The highest BCUT2D eigenvalue weighted by Crippen LogP contribution is 2.34. The number of rotatable bonds is 8. The maximum absolute atomic E-state index is 13.0. The lowest BCUT2D eigenvalue weighted by atomic mass is 10.1. The van der Waals surface area contributed by atoms with Gasteiger partial charge in [-0.25, -0.2) is 0 Å². The van der Waals surface area contributed by atoms with Crippen molar-refractivity contribution in [3.63, 3.8) is 0 Å². The first-order valence-corrected chi connectivity index (χ1v) is 9.73. The summed E-state index contributed by atoms with van der Waals surface area (Å²) in [4.78, 5) is 27.9. The highest BCUT2D eigenvalue weighted by atomic mass is 35.5. The molecule has 0 saturated carbocycles. The number of anilines is 2. The van der Waals surface area contributed by atoms with Gasteiger partial charge in [-0.1, -0.05) is 29.8 Å². The lowest BCUT2D eigenvalue weighted by Gasteiger charge is -2.17. The number of ether oxygens (including phenoxy) is 2. The first-order valence-electron chi connectivity index (χ1n) is 9.36. The van der Waals surface area contributed by atoms with E-state index in [0.29, 0.717) is 27.8 Å². The molecule has 2 aromatic carbocycles. The molecule has 1 aromatic heterocycles. The van der Waals surface area contributed by atoms with Crippen LogP contribution >= 0.6 is 11.6 Å². The fourth-order valence-corrected chi connectivity index (χ4v) is 3.24. The van der Waals surface area contributed by atoms with Crippen LogP contribution in [0, 0.1) is 0 Å². The Kier molecular flexibility index (Phi) is 7.17. The van der Waals surface area contributed by atoms with E-state index in [4.69, 9.17) is 21.1 Å². The standard InChI is InChI=1S/C22H22ClN3O5/c1-30-17-7-4-8-18(31-2)20(17)26-22(29)19-15(9-10-24-21(19)28)25-12-16(27)13-5-3-6-14(23)11-13/h3-11,16,27H,12H2,1-2H3,(H,26,29)(H2,24,25,28)/t16-/m1/s1. The maximum atomic E-state index is 13.0. The Morgan fingerprint density at radius 1 is 1.13 bits per heavy atom. The number of aliphatic hydroxyl groups excluding tert-OH is 1. The van der Waals surface area contributed by atoms with E-state index in [9.17, 15) is 14.7 Å². The van der Waals surface area contributed by atoms with Gasteiger partial charge in [0.1, 0.15) is 22.7 Å². The van der Waals surface area contributed by atoms with Gasteiger partial charge < -0.3 is 30.2 Å². The fraction of sp³-hybridized carbons (Fsp3) is 0.182. The summed E-state index contributed by atoms with van der Waals surface area (Å²) in [5, 5.41) is 16.6. The largest absolute Gasteiger partial charge is 0.494 e. The summed E-state index contributed by atoms with van der Waals surface area (Å²) >= 11 is 5.97. The number of carbonyl (C=O) groups excluding carboxylic acids is 1. The zero-order valence-electron chi connectivity index (χ0n) is 16.9. The van der Waals surface area contributed by atoms with Crippen molar-refractivity contribution in [2.45, 2.75) is 6.10 Å². The van der Waals surface area contributed by atoms with Gasteiger partial charge in [0.25, 0.3) is 11.5 Å². The number of para-hydroxylation sites is 1. The van der Waals surface area contributed by atoms with Crippen LogP contribution in [0.2, 0.25) is 5.02 Å². The first kappa shape index (κ1) is 22.2. The van der Waals surface area contributed by atoms with Gasteiger partial charge in [0.05, 0.1) is 26.0 Å². The van der Waals surface area contributed by atoms with Gasteiger partial charge in [0, 0.05) is 17.8 Å². The Labute approximate surface area is 183 Å². The molecule has 1 heterocycles. The number of hydrogen-bond donors (Lipinski definition) is 4. The summed E-state index contributed by atoms with van der Waals surface area (Å²) in [7, 11) is 2.92. The maximum Gasteiger partial charge on any atom is 0.263 e. The molecule has 0 unspecified atom stereocenters. The molecule has 8 nitrogen and oxygen atoms in total. The van der Waals surface area contributed by atoms with E-state index in [-0.39, 0.29) is 17.8 Å². The highest BCUT2D eigenvalue weighted by Gasteiger charge is 2.20. The van der Waals surface area contributed by atoms with Crippen LogP contribution in [0.5, 0.6) is 11.5 Å². The highest BCUT2D eigenvalue weighted by molar-refractivity contribution is 6.30. The number of aromatic amines is 1. The number of methoxy groups -OCH3 is 2. The monoisotopic (exact) mass is 443 g/mol. The van der Waals surface area contributed by atoms with Gasteiger partial charge >= 0.3 is 0 Å². The van der Waals surface area contributed by atoms with Crippen LogP contribution in [0.25, 0.3) is 0 Å². The van der Waals surface area contributed by atoms with Crippen LogP contribution in [0.3, 0.4) is 0 Å². The zero-order valence-corrected chi connectivity index (χ0v) is 17.7. The van der Waals surface area contributed by atoms with Crippen LogP contribution in [0.1, 0.15) is 22.0 Å². The number of amides is 1. The SMILES string of the molecule is COc1cccc(OC)c1NC(=O)c1c(NC[C@@H](O)c2cccc(Cl)c2)cc[nH]c1=O. The predicted molar refractivity (Wildman–Crippen MR) is 119 cm³/mol. The number of nitrogens with one attached hydrogen (secondary N) is 3. The molecule has 0 saturated heterocycles. The van der Waals surface area contributed by atoms with E-state index in [0.717, 1.165) is 0 Å². The Bertz CT molecular complexity index is 1110. The Balaban J connectivity index is 1.84. The molecule has 3 rings (SSSR count). The average molecular weight is 444 g/mol. The van der Waals surface area contributed by atoms with Gasteiger partial charge in [-0.05, 0) is 35.9 Å². The summed E-state index contributed by atoms with van der Waals surface area (Å²) < 4.78 is 10.6. The fourth-order valence-electron chi connectivity index (χ4n) is 3.04. The van der Waals surface area contributed by atoms with E-state index >= 15 is 0 Å². The lowest BCUT2D eigenvalue weighted by molar-refractivity contribution is 0.102. The number of benzene rings is 2. The normalized spacial score (nSPS) is 11.5. The third kappa shape index (κ3) is 5.17. The summed E-state index contributed by atoms with van der Waals surface area (Å²) in [6.45, 7) is 0.0576. The molecular formula is C22H22ClN3O5. The van der Waals surface area contributed by atoms with Crippen LogP contribution in [0.15, 0.2) is 59.5 Å². The third-order valence-corrected chi connectivity index (χ3v) is 4.81. The molecule has 0 aliphatic heterocycles. The van der Waals surface area contributed by atoms with Crippen LogP contribution < -0.4 is 25.7 Å². The van der Waals surface area contributed by atoms with Crippen LogP contribution in [-0.4, -0.2) is 36.8 Å². The summed E-state index contributed by atoms with van der Waals surface area (Å²) in [6.07, 6.45) is 0.514. The van der Waals surface area contributed by atoms with E-state index in [1.165, 1.54) is 20.4 Å². The minimum Gasteiger partial charge on any atom is -0.494 e. The number of pyridine rings is 1. The molecule has 4 N–H and O–H groups in total. The molecule has 3 aromatic rings. The minimum absolute atomic E-state index is 0.0576. The molecule has 0 aliphatic carbocycles. The van der Waals surface area contributed by atoms with E-state index in [1.807, 2.05) is 0 Å². The second-order valence-electron chi connectivity index (χ2n) is 6.54. The summed E-state index contributed by atoms with van der Waals surface area (Å²) in [5.41, 5.74) is 0.429. The van der Waals surface area contributed by atoms with Gasteiger partial charge in [-0.15, -0.1) is 0 Å². The molecule has 0 aliphatic rings. The molecule has 0 fully saturated rings. The van der Waals surface area contributed by atoms with Crippen molar-refractivity contribution >= 4 is 28.9 Å². The number of H-pyrrole nitrogens is 1. The quantitative estimate of drug-likeness (QED) is 0.424. The van der Waals surface area contributed by atoms with Crippen molar-refractivity contribution in [1.29, 1.82) is 0 Å². The number of hydrogen-bond acceptors (Lipinski definition) is 6. The topological polar surface area (TPSA) is 113 Å². The minimum atomic E-state index is -0.900. The molecule has 9 heteroatoms. The van der Waals surface area contributed by atoms with Crippen molar-refractivity contribution in [2.24, 2.45) is 0 Å². The first-order chi connectivity index (χ1) is 14.9. The van der Waals surface area contributed by atoms with Crippen molar-refractivity contribution < 1.29 is 19.4 Å². The van der Waals surface area contributed by atoms with E-state index < -0.39 is 17.6 Å². The number of carbonyl (C=O) groups is 1. The number of aliphatic hydroxyl groups is 1. The summed E-state index contributed by atoms with van der Waals surface area (Å²) in [6, 6.07) is 13.4. The second kappa shape index (κ2) is 10.0. The molecular weight excluding hydrogens is 422 g/mol. The molecule has 0 radical (unpaired) electrons. The molecule has 0 bridgehead atoms. The van der Waals surface area contributed by atoms with Gasteiger partial charge in [-0.2, -0.15) is 0 Å². The average Bonchev–Trinajstić information content (AvgIpc) is 2.77. The molecule has 31 heavy (non-hydrogen) atoms. The van der Waals surface area contributed by atoms with Crippen LogP contribution in [0.4, 0.5) is 11.4 Å². The van der Waals surface area contributed by atoms with E-state index in [2.05, 4.69) is 15.6 Å². The molecule has 1 amide bonds. The zero-order chi connectivity index (χ0) is 22.4. The van der Waals surface area contributed by atoms with Gasteiger partial charge in [0.15, 0.2) is 0 Å². The van der Waals surface area contributed by atoms with Crippen molar-refractivity contribution in [3.05, 3.63) is 81.2 Å². The molecule has 0 spiro atoms. The predicted octanol–water partition coefficient (Wildman–Crippen LogP) is 3.44. The Hall–Kier alpha value is -3.49. The van der Waals surface area contributed by atoms with Crippen LogP contribution in [-0.2, 0) is 0 Å². The van der Waals surface area contributed by atoms with E-state index in [1.54, 1.807) is 48.5 Å². The van der Waals surface area contributed by atoms with Gasteiger partial charge in [0.2, 0.25) is 0 Å². The second-order valence-corrected chi connectivity index (χ2v) is 6.98. The van der Waals surface area contributed by atoms with Crippen molar-refractivity contribution in [1.82, 2.24) is 4.98 Å². The Morgan fingerprint density at radius 2 is 1.81 bits per heavy atom. The Morgan fingerprint density at radius 3 is 2.45 bits per heavy atom. The molecule has 1 atom stereocenters. The van der Waals surface area contributed by atoms with Crippen molar-refractivity contribution in [2.75, 3.05) is 31.4 Å².